The molecule has 1 saturated heterocycles. The van der Waals surface area contributed by atoms with E-state index in [-0.39, 0.29) is 11.8 Å². The van der Waals surface area contributed by atoms with Crippen LogP contribution in [-0.2, 0) is 4.79 Å². The Morgan fingerprint density at radius 3 is 2.57 bits per heavy atom. The molecule has 3 rings (SSSR count). The summed E-state index contributed by atoms with van der Waals surface area (Å²) in [6.07, 6.45) is 2.30. The number of halogens is 1. The van der Waals surface area contributed by atoms with Crippen LogP contribution in [0.5, 0.6) is 5.75 Å². The van der Waals surface area contributed by atoms with Crippen molar-refractivity contribution in [3.05, 3.63) is 58.6 Å². The van der Waals surface area contributed by atoms with Crippen molar-refractivity contribution in [3.8, 4) is 5.75 Å². The number of ether oxygens (including phenoxy) is 1. The maximum Gasteiger partial charge on any atom is 0.226 e. The summed E-state index contributed by atoms with van der Waals surface area (Å²) in [5.41, 5.74) is 2.24. The summed E-state index contributed by atoms with van der Waals surface area (Å²) in [6.45, 7) is 10.1. The van der Waals surface area contributed by atoms with Crippen LogP contribution in [-0.4, -0.2) is 37.0 Å². The maximum absolute atomic E-state index is 12.0. The first-order valence-corrected chi connectivity index (χ1v) is 11.7. The van der Waals surface area contributed by atoms with Crippen LogP contribution in [0.25, 0.3) is 0 Å². The second-order valence-electron chi connectivity index (χ2n) is 8.69. The average Bonchev–Trinajstić information content (AvgIpc) is 2.74. The molecule has 162 valence electrons. The van der Waals surface area contributed by atoms with Gasteiger partial charge in [-0.05, 0) is 77.6 Å². The SMILES string of the molecule is CC(C)C(=O)Nc1cccc(C2CCN(C[C@@H](C)COc3ccccc3Br)CC2)c1. The smallest absolute Gasteiger partial charge is 0.226 e. The molecular formula is C25H33BrN2O2. The molecule has 1 heterocycles. The first-order valence-electron chi connectivity index (χ1n) is 10.9. The minimum Gasteiger partial charge on any atom is -0.492 e. The molecule has 1 amide bonds. The largest absolute Gasteiger partial charge is 0.492 e. The molecule has 1 aliphatic heterocycles. The molecule has 0 radical (unpaired) electrons. The van der Waals surface area contributed by atoms with Crippen molar-refractivity contribution >= 4 is 27.5 Å². The Bertz CT molecular complexity index is 831. The molecule has 0 saturated carbocycles. The van der Waals surface area contributed by atoms with Crippen LogP contribution < -0.4 is 10.1 Å². The molecule has 0 aliphatic carbocycles. The number of benzene rings is 2. The highest BCUT2D eigenvalue weighted by molar-refractivity contribution is 9.10. The van der Waals surface area contributed by atoms with Crippen LogP contribution >= 0.6 is 15.9 Å². The van der Waals surface area contributed by atoms with Gasteiger partial charge in [-0.25, -0.2) is 0 Å². The molecule has 5 heteroatoms. The molecule has 2 aromatic carbocycles. The Kier molecular flexibility index (Phi) is 8.34. The zero-order valence-corrected chi connectivity index (χ0v) is 19.8. The second-order valence-corrected chi connectivity index (χ2v) is 9.55. The lowest BCUT2D eigenvalue weighted by molar-refractivity contribution is -0.118. The molecule has 1 N–H and O–H groups in total. The van der Waals surface area contributed by atoms with E-state index < -0.39 is 0 Å². The number of carbonyl (C=O) groups excluding carboxylic acids is 1. The van der Waals surface area contributed by atoms with Crippen LogP contribution in [0.2, 0.25) is 0 Å². The number of hydrogen-bond acceptors (Lipinski definition) is 3. The Balaban J connectivity index is 1.45. The zero-order chi connectivity index (χ0) is 21.5. The fourth-order valence-corrected chi connectivity index (χ4v) is 4.29. The van der Waals surface area contributed by atoms with E-state index in [2.05, 4.69) is 51.3 Å². The lowest BCUT2D eigenvalue weighted by Gasteiger charge is -2.34. The molecule has 4 nitrogen and oxygen atoms in total. The van der Waals surface area contributed by atoms with Gasteiger partial charge in [0, 0.05) is 24.1 Å². The standard InChI is InChI=1S/C25H33BrN2O2/c1-18(2)25(29)27-22-8-6-7-21(15-22)20-11-13-28(14-12-20)16-19(3)17-30-24-10-5-4-9-23(24)26/h4-10,15,18-20H,11-14,16-17H2,1-3H3,(H,27,29)/t19-/m1/s1. The van der Waals surface area contributed by atoms with Gasteiger partial charge in [0.05, 0.1) is 11.1 Å². The van der Waals surface area contributed by atoms with Crippen molar-refractivity contribution in [3.63, 3.8) is 0 Å². The van der Waals surface area contributed by atoms with E-state index in [1.54, 1.807) is 0 Å². The number of hydrogen-bond donors (Lipinski definition) is 1. The van der Waals surface area contributed by atoms with E-state index in [4.69, 9.17) is 4.74 Å². The summed E-state index contributed by atoms with van der Waals surface area (Å²) in [6, 6.07) is 16.4. The van der Waals surface area contributed by atoms with Gasteiger partial charge in [0.25, 0.3) is 0 Å². The summed E-state index contributed by atoms with van der Waals surface area (Å²) in [7, 11) is 0. The normalized spacial score (nSPS) is 16.4. The average molecular weight is 473 g/mol. The molecule has 1 fully saturated rings. The van der Waals surface area contributed by atoms with Crippen molar-refractivity contribution < 1.29 is 9.53 Å². The van der Waals surface area contributed by atoms with Crippen molar-refractivity contribution in [1.29, 1.82) is 0 Å². The summed E-state index contributed by atoms with van der Waals surface area (Å²) in [5.74, 6) is 2.01. The van der Waals surface area contributed by atoms with E-state index in [9.17, 15) is 4.79 Å². The number of nitrogens with one attached hydrogen (secondary N) is 1. The number of rotatable bonds is 8. The van der Waals surface area contributed by atoms with E-state index in [0.29, 0.717) is 11.8 Å². The fourth-order valence-electron chi connectivity index (χ4n) is 3.89. The van der Waals surface area contributed by atoms with Gasteiger partial charge >= 0.3 is 0 Å². The number of anilines is 1. The molecule has 0 spiro atoms. The van der Waals surface area contributed by atoms with Gasteiger partial charge in [-0.3, -0.25) is 4.79 Å². The van der Waals surface area contributed by atoms with Gasteiger partial charge < -0.3 is 15.0 Å². The second kappa shape index (κ2) is 11.0. The lowest BCUT2D eigenvalue weighted by atomic mass is 9.89. The quantitative estimate of drug-likeness (QED) is 0.516. The predicted molar refractivity (Wildman–Crippen MR) is 127 cm³/mol. The Labute approximate surface area is 189 Å². The minimum atomic E-state index is -0.00846. The molecule has 30 heavy (non-hydrogen) atoms. The van der Waals surface area contributed by atoms with Crippen LogP contribution in [0.1, 0.15) is 45.1 Å². The number of carbonyl (C=O) groups is 1. The van der Waals surface area contributed by atoms with E-state index in [1.807, 2.05) is 44.2 Å². The van der Waals surface area contributed by atoms with Crippen LogP contribution in [0, 0.1) is 11.8 Å². The Morgan fingerprint density at radius 1 is 1.13 bits per heavy atom. The highest BCUT2D eigenvalue weighted by Gasteiger charge is 2.22. The van der Waals surface area contributed by atoms with Gasteiger partial charge in [-0.2, -0.15) is 0 Å². The number of piperidine rings is 1. The molecule has 0 bridgehead atoms. The molecular weight excluding hydrogens is 440 g/mol. The van der Waals surface area contributed by atoms with Crippen LogP contribution in [0.3, 0.4) is 0 Å². The minimum absolute atomic E-state index is 0.00846. The summed E-state index contributed by atoms with van der Waals surface area (Å²) >= 11 is 3.54. The number of nitrogens with zero attached hydrogens (tertiary/aromatic N) is 1. The highest BCUT2D eigenvalue weighted by atomic mass is 79.9. The summed E-state index contributed by atoms with van der Waals surface area (Å²) < 4.78 is 6.99. The van der Waals surface area contributed by atoms with Crippen molar-refractivity contribution in [1.82, 2.24) is 4.90 Å². The number of para-hydroxylation sites is 1. The van der Waals surface area contributed by atoms with Gasteiger partial charge in [0.2, 0.25) is 5.91 Å². The van der Waals surface area contributed by atoms with E-state index >= 15 is 0 Å². The zero-order valence-electron chi connectivity index (χ0n) is 18.2. The van der Waals surface area contributed by atoms with E-state index in [0.717, 1.165) is 55.0 Å². The number of amides is 1. The first-order chi connectivity index (χ1) is 14.4. The van der Waals surface area contributed by atoms with E-state index in [1.165, 1.54) is 5.56 Å². The van der Waals surface area contributed by atoms with Gasteiger partial charge in [-0.1, -0.05) is 45.0 Å². The van der Waals surface area contributed by atoms with Gasteiger partial charge in [0.1, 0.15) is 5.75 Å². The third kappa shape index (κ3) is 6.58. The lowest BCUT2D eigenvalue weighted by Crippen LogP contribution is -2.37. The van der Waals surface area contributed by atoms with Crippen LogP contribution in [0.15, 0.2) is 53.0 Å². The first kappa shape index (κ1) is 22.8. The van der Waals surface area contributed by atoms with Gasteiger partial charge in [-0.15, -0.1) is 0 Å². The molecule has 0 aromatic heterocycles. The van der Waals surface area contributed by atoms with Gasteiger partial charge in [0.15, 0.2) is 0 Å². The van der Waals surface area contributed by atoms with Crippen molar-refractivity contribution in [2.75, 3.05) is 31.6 Å². The molecule has 2 aromatic rings. The molecule has 1 aliphatic rings. The molecule has 1 atom stereocenters. The molecule has 0 unspecified atom stereocenters. The van der Waals surface area contributed by atoms with Crippen LogP contribution in [0.4, 0.5) is 5.69 Å². The maximum atomic E-state index is 12.0. The third-order valence-electron chi connectivity index (χ3n) is 5.67. The summed E-state index contributed by atoms with van der Waals surface area (Å²) in [4.78, 5) is 14.5. The number of likely N-dealkylation sites (tertiary alicyclic amines) is 1. The monoisotopic (exact) mass is 472 g/mol. The topological polar surface area (TPSA) is 41.6 Å². The third-order valence-corrected chi connectivity index (χ3v) is 6.32. The summed E-state index contributed by atoms with van der Waals surface area (Å²) in [5, 5.41) is 3.02. The van der Waals surface area contributed by atoms with Crippen molar-refractivity contribution in [2.24, 2.45) is 11.8 Å². The fraction of sp³-hybridized carbons (Fsp3) is 0.480. The van der Waals surface area contributed by atoms with Crippen molar-refractivity contribution in [2.45, 2.75) is 39.5 Å². The Morgan fingerprint density at radius 2 is 1.87 bits per heavy atom. The highest BCUT2D eigenvalue weighted by Crippen LogP contribution is 2.30. The predicted octanol–water partition coefficient (Wildman–Crippen LogP) is 5.94. The Hall–Kier alpha value is -1.85.